The quantitative estimate of drug-likeness (QED) is 0.765. The molecule has 2 aromatic carbocycles. The predicted molar refractivity (Wildman–Crippen MR) is 78.5 cm³/mol. The smallest absolute Gasteiger partial charge is 0.127 e. The van der Waals surface area contributed by atoms with E-state index in [-0.39, 0.29) is 11.7 Å². The second kappa shape index (κ2) is 6.88. The predicted octanol–water partition coefficient (Wildman–Crippen LogP) is 3.37. The number of aldehydes is 1. The van der Waals surface area contributed by atoms with Gasteiger partial charge in [0.25, 0.3) is 0 Å². The van der Waals surface area contributed by atoms with Gasteiger partial charge in [-0.05, 0) is 47.9 Å². The largest absolute Gasteiger partial charge is 0.497 e. The second-order valence-electron chi connectivity index (χ2n) is 4.68. The van der Waals surface area contributed by atoms with E-state index in [1.807, 2.05) is 6.07 Å². The van der Waals surface area contributed by atoms with Crippen molar-refractivity contribution >= 4 is 6.29 Å². The lowest BCUT2D eigenvalue weighted by molar-refractivity contribution is -0.109. The summed E-state index contributed by atoms with van der Waals surface area (Å²) in [6.45, 7) is 0. The van der Waals surface area contributed by atoms with Crippen LogP contribution in [0.3, 0.4) is 0 Å². The summed E-state index contributed by atoms with van der Waals surface area (Å²) < 4.78 is 23.5. The first kappa shape index (κ1) is 15.0. The van der Waals surface area contributed by atoms with Gasteiger partial charge in [0.2, 0.25) is 0 Å². The Morgan fingerprint density at radius 3 is 2.38 bits per heavy atom. The Hall–Kier alpha value is -2.36. The highest BCUT2D eigenvalue weighted by Gasteiger charge is 2.15. The molecule has 0 radical (unpaired) electrons. The summed E-state index contributed by atoms with van der Waals surface area (Å²) in [6.07, 6.45) is 1.33. The number of halogens is 1. The Balaban J connectivity index is 2.29. The van der Waals surface area contributed by atoms with Gasteiger partial charge in [0.05, 0.1) is 14.2 Å². The standard InChI is InChI=1S/C17H17FO3/c1-20-16-7-8-17(21-2)13(10-16)9-14(11-19)12-3-5-15(18)6-4-12/h3-8,10-11,14H,9H2,1-2H3. The number of ether oxygens (including phenoxy) is 2. The molecule has 1 unspecified atom stereocenters. The summed E-state index contributed by atoms with van der Waals surface area (Å²) in [6, 6.07) is 11.4. The molecular formula is C17H17FO3. The van der Waals surface area contributed by atoms with Crippen LogP contribution in [0, 0.1) is 5.82 Å². The Kier molecular flexibility index (Phi) is 4.93. The highest BCUT2D eigenvalue weighted by Crippen LogP contribution is 2.29. The average molecular weight is 288 g/mol. The number of rotatable bonds is 6. The van der Waals surface area contributed by atoms with Gasteiger partial charge in [-0.15, -0.1) is 0 Å². The van der Waals surface area contributed by atoms with Crippen LogP contribution < -0.4 is 9.47 Å². The van der Waals surface area contributed by atoms with Crippen LogP contribution in [0.25, 0.3) is 0 Å². The molecule has 0 N–H and O–H groups in total. The molecule has 110 valence electrons. The van der Waals surface area contributed by atoms with Crippen LogP contribution in [0.2, 0.25) is 0 Å². The van der Waals surface area contributed by atoms with Gasteiger partial charge in [-0.25, -0.2) is 4.39 Å². The van der Waals surface area contributed by atoms with Crippen LogP contribution in [0.4, 0.5) is 4.39 Å². The Morgan fingerprint density at radius 1 is 1.10 bits per heavy atom. The van der Waals surface area contributed by atoms with E-state index in [1.54, 1.807) is 38.5 Å². The number of hydrogen-bond acceptors (Lipinski definition) is 3. The van der Waals surface area contributed by atoms with Gasteiger partial charge in [-0.1, -0.05) is 12.1 Å². The Labute approximate surface area is 123 Å². The van der Waals surface area contributed by atoms with Gasteiger partial charge in [0.1, 0.15) is 23.6 Å². The maximum absolute atomic E-state index is 13.0. The number of benzene rings is 2. The third kappa shape index (κ3) is 3.60. The SMILES string of the molecule is COc1ccc(OC)c(CC(C=O)c2ccc(F)cc2)c1. The fourth-order valence-electron chi connectivity index (χ4n) is 2.23. The summed E-state index contributed by atoms with van der Waals surface area (Å²) in [7, 11) is 3.17. The Morgan fingerprint density at radius 2 is 1.81 bits per heavy atom. The zero-order valence-corrected chi connectivity index (χ0v) is 12.0. The minimum atomic E-state index is -0.355. The minimum absolute atomic E-state index is 0.317. The first-order valence-electron chi connectivity index (χ1n) is 6.59. The highest BCUT2D eigenvalue weighted by molar-refractivity contribution is 5.63. The molecule has 0 bridgehead atoms. The normalized spacial score (nSPS) is 11.8. The van der Waals surface area contributed by atoms with Crippen molar-refractivity contribution in [2.75, 3.05) is 14.2 Å². The lowest BCUT2D eigenvalue weighted by Gasteiger charge is -2.14. The molecule has 0 fully saturated rings. The van der Waals surface area contributed by atoms with Crippen LogP contribution in [0.15, 0.2) is 42.5 Å². The molecule has 0 aromatic heterocycles. The van der Waals surface area contributed by atoms with Crippen molar-refractivity contribution in [3.8, 4) is 11.5 Å². The third-order valence-electron chi connectivity index (χ3n) is 3.39. The molecule has 2 aromatic rings. The van der Waals surface area contributed by atoms with E-state index >= 15 is 0 Å². The first-order chi connectivity index (χ1) is 10.2. The maximum Gasteiger partial charge on any atom is 0.127 e. The average Bonchev–Trinajstić information content (AvgIpc) is 2.53. The number of carbonyl (C=O) groups is 1. The zero-order chi connectivity index (χ0) is 15.2. The van der Waals surface area contributed by atoms with Crippen molar-refractivity contribution < 1.29 is 18.7 Å². The molecule has 3 nitrogen and oxygen atoms in total. The van der Waals surface area contributed by atoms with Crippen molar-refractivity contribution in [1.29, 1.82) is 0 Å². The molecule has 1 atom stereocenters. The third-order valence-corrected chi connectivity index (χ3v) is 3.39. The zero-order valence-electron chi connectivity index (χ0n) is 12.0. The van der Waals surface area contributed by atoms with Crippen molar-refractivity contribution in [1.82, 2.24) is 0 Å². The van der Waals surface area contributed by atoms with Crippen molar-refractivity contribution in [2.24, 2.45) is 0 Å². The van der Waals surface area contributed by atoms with Gasteiger partial charge in [-0.2, -0.15) is 0 Å². The highest BCUT2D eigenvalue weighted by atomic mass is 19.1. The van der Waals surface area contributed by atoms with E-state index in [0.29, 0.717) is 17.9 Å². The van der Waals surface area contributed by atoms with E-state index in [2.05, 4.69) is 0 Å². The monoisotopic (exact) mass is 288 g/mol. The molecular weight excluding hydrogens is 271 g/mol. The van der Waals surface area contributed by atoms with Gasteiger partial charge < -0.3 is 14.3 Å². The van der Waals surface area contributed by atoms with Gasteiger partial charge in [-0.3, -0.25) is 0 Å². The second-order valence-corrected chi connectivity index (χ2v) is 4.68. The fourth-order valence-corrected chi connectivity index (χ4v) is 2.23. The molecule has 0 aliphatic rings. The summed E-state index contributed by atoms with van der Waals surface area (Å²) >= 11 is 0. The summed E-state index contributed by atoms with van der Waals surface area (Å²) in [5.41, 5.74) is 1.65. The summed E-state index contributed by atoms with van der Waals surface area (Å²) in [5.74, 6) is 0.730. The van der Waals surface area contributed by atoms with Crippen molar-refractivity contribution in [3.05, 3.63) is 59.4 Å². The molecule has 0 spiro atoms. The van der Waals surface area contributed by atoms with Crippen LogP contribution in [0.5, 0.6) is 11.5 Å². The van der Waals surface area contributed by atoms with Gasteiger partial charge >= 0.3 is 0 Å². The van der Waals surface area contributed by atoms with Gasteiger partial charge in [0, 0.05) is 5.92 Å². The Bertz CT molecular complexity index is 608. The van der Waals surface area contributed by atoms with Crippen LogP contribution in [-0.4, -0.2) is 20.5 Å². The molecule has 0 amide bonds. The fraction of sp³-hybridized carbons (Fsp3) is 0.235. The van der Waals surface area contributed by atoms with E-state index in [9.17, 15) is 9.18 Å². The van der Waals surface area contributed by atoms with E-state index in [1.165, 1.54) is 12.1 Å². The van der Waals surface area contributed by atoms with Crippen molar-refractivity contribution in [2.45, 2.75) is 12.3 Å². The van der Waals surface area contributed by atoms with Crippen LogP contribution in [0.1, 0.15) is 17.0 Å². The van der Waals surface area contributed by atoms with E-state index in [0.717, 1.165) is 17.4 Å². The molecule has 2 rings (SSSR count). The molecule has 0 saturated heterocycles. The summed E-state index contributed by atoms with van der Waals surface area (Å²) in [4.78, 5) is 11.4. The van der Waals surface area contributed by atoms with E-state index < -0.39 is 0 Å². The topological polar surface area (TPSA) is 35.5 Å². The lowest BCUT2D eigenvalue weighted by atomic mass is 9.92. The number of methoxy groups -OCH3 is 2. The molecule has 0 saturated carbocycles. The summed E-state index contributed by atoms with van der Waals surface area (Å²) in [5, 5.41) is 0. The van der Waals surface area contributed by atoms with Gasteiger partial charge in [0.15, 0.2) is 0 Å². The molecule has 0 heterocycles. The first-order valence-corrected chi connectivity index (χ1v) is 6.59. The van der Waals surface area contributed by atoms with Crippen molar-refractivity contribution in [3.63, 3.8) is 0 Å². The number of carbonyl (C=O) groups excluding carboxylic acids is 1. The maximum atomic E-state index is 13.0. The van der Waals surface area contributed by atoms with E-state index in [4.69, 9.17) is 9.47 Å². The minimum Gasteiger partial charge on any atom is -0.497 e. The number of hydrogen-bond donors (Lipinski definition) is 0. The molecule has 0 aliphatic heterocycles. The van der Waals surface area contributed by atoms with Crippen LogP contribution in [-0.2, 0) is 11.2 Å². The lowest BCUT2D eigenvalue weighted by Crippen LogP contribution is -2.06. The van der Waals surface area contributed by atoms with Crippen LogP contribution >= 0.6 is 0 Å². The molecule has 21 heavy (non-hydrogen) atoms. The molecule has 0 aliphatic carbocycles. The molecule has 4 heteroatoms.